The summed E-state index contributed by atoms with van der Waals surface area (Å²) in [5.74, 6) is -1.69. The zero-order chi connectivity index (χ0) is 15.5. The van der Waals surface area contributed by atoms with Crippen LogP contribution in [0.15, 0.2) is 18.2 Å². The molecule has 0 amide bonds. The van der Waals surface area contributed by atoms with Gasteiger partial charge < -0.3 is 10.2 Å². The number of aliphatic hydroxyl groups excluding tert-OH is 2. The smallest absolute Gasteiger partial charge is 0.159 e. The molecule has 1 fully saturated rings. The van der Waals surface area contributed by atoms with Crippen LogP contribution < -0.4 is 0 Å². The van der Waals surface area contributed by atoms with Gasteiger partial charge >= 0.3 is 0 Å². The maximum atomic E-state index is 13.3. The topological polar surface area (TPSA) is 43.7 Å². The van der Waals surface area contributed by atoms with Crippen LogP contribution >= 0.6 is 0 Å². The van der Waals surface area contributed by atoms with Crippen molar-refractivity contribution in [3.05, 3.63) is 35.4 Å². The Morgan fingerprint density at radius 3 is 2.71 bits per heavy atom. The second kappa shape index (κ2) is 6.81. The first kappa shape index (κ1) is 16.3. The summed E-state index contributed by atoms with van der Waals surface area (Å²) in [6.07, 6.45) is 1.71. The average molecular weight is 299 g/mol. The molecule has 2 atom stereocenters. The molecule has 1 saturated heterocycles. The fraction of sp³-hybridized carbons (Fsp3) is 0.625. The highest BCUT2D eigenvalue weighted by molar-refractivity contribution is 5.18. The third kappa shape index (κ3) is 3.59. The summed E-state index contributed by atoms with van der Waals surface area (Å²) in [4.78, 5) is 2.09. The van der Waals surface area contributed by atoms with Crippen molar-refractivity contribution in [2.45, 2.75) is 38.8 Å². The average Bonchev–Trinajstić information content (AvgIpc) is 2.47. The van der Waals surface area contributed by atoms with Crippen LogP contribution in [0.4, 0.5) is 8.78 Å². The molecule has 0 radical (unpaired) electrons. The summed E-state index contributed by atoms with van der Waals surface area (Å²) in [6.45, 7) is 3.72. The third-order valence-corrected chi connectivity index (χ3v) is 4.42. The van der Waals surface area contributed by atoms with E-state index in [-0.39, 0.29) is 6.61 Å². The van der Waals surface area contributed by atoms with Gasteiger partial charge in [0.1, 0.15) is 0 Å². The molecule has 0 unspecified atom stereocenters. The standard InChI is InChI=1S/C16H23F2NO2/c1-2-6-16(11-20)10-19(7-5-15(16)21)9-12-3-4-13(17)14(18)8-12/h3-4,8,15,20-21H,2,5-7,9-11H2,1H3/t15-,16+/m0/s1. The van der Waals surface area contributed by atoms with Crippen molar-refractivity contribution < 1.29 is 19.0 Å². The van der Waals surface area contributed by atoms with Gasteiger partial charge in [-0.1, -0.05) is 19.4 Å². The molecule has 0 bridgehead atoms. The van der Waals surface area contributed by atoms with Gasteiger partial charge in [-0.2, -0.15) is 0 Å². The van der Waals surface area contributed by atoms with Crippen molar-refractivity contribution in [2.75, 3.05) is 19.7 Å². The number of likely N-dealkylation sites (tertiary alicyclic amines) is 1. The van der Waals surface area contributed by atoms with Crippen LogP contribution in [0.3, 0.4) is 0 Å². The lowest BCUT2D eigenvalue weighted by Crippen LogP contribution is -2.53. The Morgan fingerprint density at radius 2 is 2.10 bits per heavy atom. The van der Waals surface area contributed by atoms with Crippen LogP contribution in [-0.2, 0) is 6.54 Å². The van der Waals surface area contributed by atoms with Crippen molar-refractivity contribution in [1.29, 1.82) is 0 Å². The Labute approximate surface area is 124 Å². The highest BCUT2D eigenvalue weighted by Gasteiger charge is 2.41. The van der Waals surface area contributed by atoms with E-state index in [4.69, 9.17) is 0 Å². The molecule has 0 saturated carbocycles. The van der Waals surface area contributed by atoms with Gasteiger partial charge in [0.25, 0.3) is 0 Å². The van der Waals surface area contributed by atoms with E-state index in [0.29, 0.717) is 31.6 Å². The maximum absolute atomic E-state index is 13.3. The van der Waals surface area contributed by atoms with E-state index >= 15 is 0 Å². The van der Waals surface area contributed by atoms with Gasteiger partial charge in [-0.15, -0.1) is 0 Å². The first-order chi connectivity index (χ1) is 10.0. The van der Waals surface area contributed by atoms with Crippen LogP contribution in [0.2, 0.25) is 0 Å². The molecule has 1 aliphatic heterocycles. The van der Waals surface area contributed by atoms with Crippen LogP contribution in [0.25, 0.3) is 0 Å². The van der Waals surface area contributed by atoms with Gasteiger partial charge in [-0.25, -0.2) is 8.78 Å². The summed E-state index contributed by atoms with van der Waals surface area (Å²) in [5.41, 5.74) is 0.194. The molecular formula is C16H23F2NO2. The first-order valence-corrected chi connectivity index (χ1v) is 7.46. The highest BCUT2D eigenvalue weighted by atomic mass is 19.2. The highest BCUT2D eigenvalue weighted by Crippen LogP contribution is 2.35. The van der Waals surface area contributed by atoms with Crippen molar-refractivity contribution in [3.63, 3.8) is 0 Å². The van der Waals surface area contributed by atoms with Crippen LogP contribution in [0, 0.1) is 17.0 Å². The monoisotopic (exact) mass is 299 g/mol. The van der Waals surface area contributed by atoms with E-state index < -0.39 is 23.2 Å². The Bertz CT molecular complexity index is 483. The molecular weight excluding hydrogens is 276 g/mol. The molecule has 2 N–H and O–H groups in total. The minimum absolute atomic E-state index is 0.0592. The van der Waals surface area contributed by atoms with E-state index in [1.165, 1.54) is 6.07 Å². The SMILES string of the molecule is CCC[C@]1(CO)CN(Cc2ccc(F)c(F)c2)CC[C@@H]1O. The van der Waals surface area contributed by atoms with Gasteiger partial charge in [0.15, 0.2) is 11.6 Å². The lowest BCUT2D eigenvalue weighted by Gasteiger charge is -2.45. The van der Waals surface area contributed by atoms with Gasteiger partial charge in [-0.05, 0) is 30.5 Å². The van der Waals surface area contributed by atoms with Crippen molar-refractivity contribution in [3.8, 4) is 0 Å². The quantitative estimate of drug-likeness (QED) is 0.877. The number of nitrogens with zero attached hydrogens (tertiary/aromatic N) is 1. The Hall–Kier alpha value is -1.04. The number of aliphatic hydroxyl groups is 2. The number of benzene rings is 1. The minimum Gasteiger partial charge on any atom is -0.396 e. The third-order valence-electron chi connectivity index (χ3n) is 4.42. The summed E-state index contributed by atoms with van der Waals surface area (Å²) in [6, 6.07) is 3.92. The normalized spacial score (nSPS) is 27.0. The summed E-state index contributed by atoms with van der Waals surface area (Å²) in [7, 11) is 0. The van der Waals surface area contributed by atoms with Crippen molar-refractivity contribution in [2.24, 2.45) is 5.41 Å². The molecule has 0 aromatic heterocycles. The lowest BCUT2D eigenvalue weighted by atomic mass is 9.74. The van der Waals surface area contributed by atoms with Gasteiger partial charge in [0.2, 0.25) is 0 Å². The first-order valence-electron chi connectivity index (χ1n) is 7.46. The van der Waals surface area contributed by atoms with E-state index in [1.807, 2.05) is 6.92 Å². The number of piperidine rings is 1. The summed E-state index contributed by atoms with van der Waals surface area (Å²) in [5, 5.41) is 19.9. The lowest BCUT2D eigenvalue weighted by molar-refractivity contribution is -0.0819. The van der Waals surface area contributed by atoms with Crippen LogP contribution in [-0.4, -0.2) is 40.9 Å². The predicted molar refractivity (Wildman–Crippen MR) is 76.7 cm³/mol. The molecule has 21 heavy (non-hydrogen) atoms. The van der Waals surface area contributed by atoms with Crippen LogP contribution in [0.1, 0.15) is 31.7 Å². The number of hydrogen-bond acceptors (Lipinski definition) is 3. The number of halogens is 2. The van der Waals surface area contributed by atoms with Gasteiger partial charge in [-0.3, -0.25) is 4.90 Å². The molecule has 1 heterocycles. The van der Waals surface area contributed by atoms with E-state index in [0.717, 1.165) is 18.9 Å². The largest absolute Gasteiger partial charge is 0.396 e. The molecule has 0 aliphatic carbocycles. The second-order valence-corrected chi connectivity index (χ2v) is 6.03. The number of hydrogen-bond donors (Lipinski definition) is 2. The Kier molecular flexibility index (Phi) is 5.30. The van der Waals surface area contributed by atoms with Gasteiger partial charge in [0.05, 0.1) is 12.7 Å². The number of rotatable bonds is 5. The fourth-order valence-corrected chi connectivity index (χ4v) is 3.25. The van der Waals surface area contributed by atoms with E-state index in [2.05, 4.69) is 4.90 Å². The van der Waals surface area contributed by atoms with E-state index in [1.54, 1.807) is 6.07 Å². The maximum Gasteiger partial charge on any atom is 0.159 e. The molecule has 118 valence electrons. The van der Waals surface area contributed by atoms with Gasteiger partial charge in [0, 0.05) is 25.0 Å². The second-order valence-electron chi connectivity index (χ2n) is 6.03. The molecule has 2 rings (SSSR count). The zero-order valence-corrected chi connectivity index (χ0v) is 12.4. The van der Waals surface area contributed by atoms with Crippen molar-refractivity contribution >= 4 is 0 Å². The Balaban J connectivity index is 2.08. The zero-order valence-electron chi connectivity index (χ0n) is 12.4. The van der Waals surface area contributed by atoms with Crippen molar-refractivity contribution in [1.82, 2.24) is 4.90 Å². The van der Waals surface area contributed by atoms with Crippen LogP contribution in [0.5, 0.6) is 0 Å². The summed E-state index contributed by atoms with van der Waals surface area (Å²) < 4.78 is 26.2. The Morgan fingerprint density at radius 1 is 1.33 bits per heavy atom. The molecule has 3 nitrogen and oxygen atoms in total. The molecule has 5 heteroatoms. The van der Waals surface area contributed by atoms with E-state index in [9.17, 15) is 19.0 Å². The molecule has 0 spiro atoms. The fourth-order valence-electron chi connectivity index (χ4n) is 3.25. The predicted octanol–water partition coefficient (Wildman–Crippen LogP) is 2.31. The minimum atomic E-state index is -0.844. The summed E-state index contributed by atoms with van der Waals surface area (Å²) >= 11 is 0. The molecule has 1 aromatic carbocycles. The molecule has 1 aliphatic rings. The molecule has 1 aromatic rings.